The van der Waals surface area contributed by atoms with E-state index in [1.54, 1.807) is 12.1 Å². The van der Waals surface area contributed by atoms with Crippen LogP contribution in [0.15, 0.2) is 18.2 Å². The summed E-state index contributed by atoms with van der Waals surface area (Å²) in [6.07, 6.45) is 0.872. The summed E-state index contributed by atoms with van der Waals surface area (Å²) in [4.78, 5) is 24.4. The summed E-state index contributed by atoms with van der Waals surface area (Å²) < 4.78 is 20.4. The minimum Gasteiger partial charge on any atom is -0.493 e. The number of nitrogens with one attached hydrogen (secondary N) is 1. The second kappa shape index (κ2) is 10.1. The van der Waals surface area contributed by atoms with Crippen LogP contribution in [-0.2, 0) is 14.3 Å². The molecule has 1 atom stereocenters. The number of methoxy groups -OCH3 is 3. The zero-order valence-electron chi connectivity index (χ0n) is 16.0. The van der Waals surface area contributed by atoms with Crippen molar-refractivity contribution in [2.45, 2.75) is 18.9 Å². The predicted octanol–water partition coefficient (Wildman–Crippen LogP) is -0.311. The largest absolute Gasteiger partial charge is 0.493 e. The molecule has 0 aromatic heterocycles. The molecule has 1 aliphatic heterocycles. The van der Waals surface area contributed by atoms with E-state index in [4.69, 9.17) is 14.2 Å². The van der Waals surface area contributed by atoms with Crippen molar-refractivity contribution in [3.05, 3.63) is 23.8 Å². The molecule has 2 rings (SSSR count). The van der Waals surface area contributed by atoms with Crippen LogP contribution in [0.2, 0.25) is 0 Å². The maximum atomic E-state index is 11.6. The first-order valence-corrected chi connectivity index (χ1v) is 8.97. The number of esters is 2. The fourth-order valence-corrected chi connectivity index (χ4v) is 3.24. The molecule has 0 saturated carbocycles. The maximum Gasteiger partial charge on any atom is 0.337 e. The lowest BCUT2D eigenvalue weighted by Crippen LogP contribution is -3.14. The highest BCUT2D eigenvalue weighted by Crippen LogP contribution is 2.28. The molecular weight excluding hydrogens is 354 g/mol. The van der Waals surface area contributed by atoms with Crippen LogP contribution in [0.4, 0.5) is 0 Å². The molecule has 0 amide bonds. The van der Waals surface area contributed by atoms with Gasteiger partial charge in [-0.15, -0.1) is 0 Å². The number of aliphatic hydroxyl groups excluding tert-OH is 1. The molecule has 1 fully saturated rings. The zero-order chi connectivity index (χ0) is 19.8. The lowest BCUT2D eigenvalue weighted by Gasteiger charge is -2.29. The van der Waals surface area contributed by atoms with Gasteiger partial charge < -0.3 is 29.0 Å². The first-order valence-electron chi connectivity index (χ1n) is 8.97. The van der Waals surface area contributed by atoms with E-state index in [2.05, 4.69) is 4.74 Å². The SMILES string of the molecule is COC(=O)c1ccc(OC[C@H](O)C[NH+]2CCC(C(=O)OC)CC2)c(OC)c1. The molecule has 0 radical (unpaired) electrons. The molecule has 1 heterocycles. The van der Waals surface area contributed by atoms with E-state index in [9.17, 15) is 14.7 Å². The van der Waals surface area contributed by atoms with E-state index in [-0.39, 0.29) is 18.5 Å². The fraction of sp³-hybridized carbons (Fsp3) is 0.579. The van der Waals surface area contributed by atoms with Crippen LogP contribution in [0.1, 0.15) is 23.2 Å². The lowest BCUT2D eigenvalue weighted by molar-refractivity contribution is -0.908. The highest BCUT2D eigenvalue weighted by atomic mass is 16.5. The number of aliphatic hydroxyl groups is 1. The second-order valence-electron chi connectivity index (χ2n) is 6.57. The van der Waals surface area contributed by atoms with Crippen LogP contribution in [0.3, 0.4) is 0 Å². The van der Waals surface area contributed by atoms with Crippen molar-refractivity contribution >= 4 is 11.9 Å². The van der Waals surface area contributed by atoms with Crippen LogP contribution in [-0.4, -0.2) is 70.7 Å². The first-order chi connectivity index (χ1) is 13.0. The Morgan fingerprint density at radius 1 is 1.15 bits per heavy atom. The van der Waals surface area contributed by atoms with E-state index in [1.165, 1.54) is 32.3 Å². The van der Waals surface area contributed by atoms with Gasteiger partial charge in [-0.1, -0.05) is 0 Å². The van der Waals surface area contributed by atoms with Crippen LogP contribution < -0.4 is 14.4 Å². The van der Waals surface area contributed by atoms with Crippen molar-refractivity contribution in [2.24, 2.45) is 5.92 Å². The fourth-order valence-electron chi connectivity index (χ4n) is 3.24. The third kappa shape index (κ3) is 5.83. The lowest BCUT2D eigenvalue weighted by atomic mass is 9.97. The Bertz CT molecular complexity index is 641. The second-order valence-corrected chi connectivity index (χ2v) is 6.57. The van der Waals surface area contributed by atoms with Gasteiger partial charge in [-0.25, -0.2) is 4.79 Å². The highest BCUT2D eigenvalue weighted by Gasteiger charge is 2.29. The Hall–Kier alpha value is -2.32. The van der Waals surface area contributed by atoms with Crippen molar-refractivity contribution in [3.63, 3.8) is 0 Å². The Kier molecular flexibility index (Phi) is 7.87. The summed E-state index contributed by atoms with van der Waals surface area (Å²) in [6, 6.07) is 4.74. The Morgan fingerprint density at radius 3 is 2.44 bits per heavy atom. The average molecular weight is 382 g/mol. The summed E-state index contributed by atoms with van der Waals surface area (Å²) >= 11 is 0. The molecule has 0 spiro atoms. The molecular formula is C19H28NO7+. The van der Waals surface area contributed by atoms with Crippen molar-refractivity contribution in [3.8, 4) is 11.5 Å². The number of quaternary nitrogens is 1. The van der Waals surface area contributed by atoms with Gasteiger partial charge in [0, 0.05) is 12.8 Å². The van der Waals surface area contributed by atoms with Crippen LogP contribution in [0.5, 0.6) is 11.5 Å². The molecule has 1 aromatic rings. The zero-order valence-corrected chi connectivity index (χ0v) is 16.0. The van der Waals surface area contributed by atoms with Crippen molar-refractivity contribution in [1.82, 2.24) is 0 Å². The summed E-state index contributed by atoms with van der Waals surface area (Å²) in [5, 5.41) is 10.3. The van der Waals surface area contributed by atoms with Crippen LogP contribution in [0, 0.1) is 5.92 Å². The minimum absolute atomic E-state index is 0.0373. The Balaban J connectivity index is 1.83. The molecule has 2 N–H and O–H groups in total. The van der Waals surface area contributed by atoms with E-state index in [1.807, 2.05) is 0 Å². The number of hydrogen-bond acceptors (Lipinski definition) is 7. The van der Waals surface area contributed by atoms with Gasteiger partial charge >= 0.3 is 11.9 Å². The van der Waals surface area contributed by atoms with E-state index in [0.29, 0.717) is 23.6 Å². The molecule has 0 unspecified atom stereocenters. The van der Waals surface area contributed by atoms with Gasteiger partial charge in [0.05, 0.1) is 45.9 Å². The number of piperidine rings is 1. The summed E-state index contributed by atoms with van der Waals surface area (Å²) in [6.45, 7) is 2.27. The van der Waals surface area contributed by atoms with E-state index < -0.39 is 12.1 Å². The van der Waals surface area contributed by atoms with Gasteiger partial charge in [-0.05, 0) is 18.2 Å². The van der Waals surface area contributed by atoms with Gasteiger partial charge in [-0.2, -0.15) is 0 Å². The number of hydrogen-bond donors (Lipinski definition) is 2. The van der Waals surface area contributed by atoms with Crippen molar-refractivity contribution in [2.75, 3.05) is 47.6 Å². The monoisotopic (exact) mass is 382 g/mol. The van der Waals surface area contributed by atoms with Crippen LogP contribution >= 0.6 is 0 Å². The predicted molar refractivity (Wildman–Crippen MR) is 96.1 cm³/mol. The summed E-state index contributed by atoms with van der Waals surface area (Å²) in [7, 11) is 4.20. The van der Waals surface area contributed by atoms with Gasteiger partial charge in [0.2, 0.25) is 0 Å². The quantitative estimate of drug-likeness (QED) is 0.596. The molecule has 27 heavy (non-hydrogen) atoms. The maximum absolute atomic E-state index is 11.6. The molecule has 1 saturated heterocycles. The summed E-state index contributed by atoms with van der Waals surface area (Å²) in [5.74, 6) is 0.198. The molecule has 8 heteroatoms. The number of carbonyl (C=O) groups excluding carboxylic acids is 2. The number of ether oxygens (including phenoxy) is 4. The Morgan fingerprint density at radius 2 is 1.85 bits per heavy atom. The highest BCUT2D eigenvalue weighted by molar-refractivity contribution is 5.90. The molecule has 0 bridgehead atoms. The number of benzene rings is 1. The normalized spacial score (nSPS) is 20.4. The molecule has 0 aliphatic carbocycles. The van der Waals surface area contributed by atoms with Gasteiger partial charge in [0.15, 0.2) is 11.5 Å². The number of rotatable bonds is 8. The van der Waals surface area contributed by atoms with Crippen molar-refractivity contribution in [1.29, 1.82) is 0 Å². The average Bonchev–Trinajstić information content (AvgIpc) is 2.71. The molecule has 1 aliphatic rings. The number of carbonyl (C=O) groups is 2. The van der Waals surface area contributed by atoms with Crippen LogP contribution in [0.25, 0.3) is 0 Å². The van der Waals surface area contributed by atoms with E-state index in [0.717, 1.165) is 25.9 Å². The Labute approximate surface area is 159 Å². The third-order valence-corrected chi connectivity index (χ3v) is 4.77. The topological polar surface area (TPSA) is 95.7 Å². The standard InChI is InChI=1S/C19H27NO7/c1-24-17-10-14(19(23)26-3)4-5-16(17)27-12-15(21)11-20-8-6-13(7-9-20)18(22)25-2/h4-5,10,13,15,21H,6-9,11-12H2,1-3H3/p+1/t15-/m1/s1. The smallest absolute Gasteiger partial charge is 0.337 e. The molecule has 1 aromatic carbocycles. The third-order valence-electron chi connectivity index (χ3n) is 4.77. The van der Waals surface area contributed by atoms with Gasteiger partial charge in [0.25, 0.3) is 0 Å². The minimum atomic E-state index is -0.653. The van der Waals surface area contributed by atoms with Crippen molar-refractivity contribution < 1.29 is 38.5 Å². The van der Waals surface area contributed by atoms with E-state index >= 15 is 0 Å². The molecule has 150 valence electrons. The van der Waals surface area contributed by atoms with Gasteiger partial charge in [-0.3, -0.25) is 4.79 Å². The first kappa shape index (κ1) is 21.0. The summed E-state index contributed by atoms with van der Waals surface area (Å²) in [5.41, 5.74) is 0.361. The molecule has 8 nitrogen and oxygen atoms in total. The number of likely N-dealkylation sites (tertiary alicyclic amines) is 1. The van der Waals surface area contributed by atoms with Gasteiger partial charge in [0.1, 0.15) is 19.3 Å².